The molecule has 5 nitrogen and oxygen atoms in total. The number of rotatable bonds is 5. The number of anilines is 1. The van der Waals surface area contributed by atoms with Gasteiger partial charge in [0.2, 0.25) is 5.91 Å². The second-order valence-electron chi connectivity index (χ2n) is 5.70. The maximum Gasteiger partial charge on any atom is 0.245 e. The highest BCUT2D eigenvalue weighted by Gasteiger charge is 2.37. The molecule has 0 aromatic carbocycles. The fourth-order valence-corrected chi connectivity index (χ4v) is 3.86. The van der Waals surface area contributed by atoms with Gasteiger partial charge in [0, 0.05) is 31.1 Å². The predicted octanol–water partition coefficient (Wildman–Crippen LogP) is 2.42. The first-order chi connectivity index (χ1) is 10.6. The Hall–Kier alpha value is -1.66. The number of carbonyl (C=O) groups is 1. The van der Waals surface area contributed by atoms with Crippen molar-refractivity contribution < 1.29 is 4.79 Å². The van der Waals surface area contributed by atoms with Crippen LogP contribution in [0.1, 0.15) is 23.9 Å². The molecule has 1 amide bonds. The third-order valence-corrected chi connectivity index (χ3v) is 5.08. The monoisotopic (exact) mass is 318 g/mol. The summed E-state index contributed by atoms with van der Waals surface area (Å²) in [6, 6.07) is 6.15. The van der Waals surface area contributed by atoms with E-state index in [4.69, 9.17) is 0 Å². The Morgan fingerprint density at radius 2 is 2.32 bits per heavy atom. The first-order valence-electron chi connectivity index (χ1n) is 7.68. The summed E-state index contributed by atoms with van der Waals surface area (Å²) < 4.78 is 1.80. The van der Waals surface area contributed by atoms with Crippen molar-refractivity contribution in [1.82, 2.24) is 14.7 Å². The number of aryl methyl sites for hydroxylation is 2. The summed E-state index contributed by atoms with van der Waals surface area (Å²) in [6.07, 6.45) is 0.877. The second-order valence-corrected chi connectivity index (χ2v) is 6.74. The molecule has 1 fully saturated rings. The minimum atomic E-state index is -0.0256. The van der Waals surface area contributed by atoms with E-state index in [9.17, 15) is 4.79 Å². The number of likely N-dealkylation sites (N-methyl/N-ethyl adjacent to an activating group) is 1. The zero-order valence-electron chi connectivity index (χ0n) is 13.3. The van der Waals surface area contributed by atoms with Crippen molar-refractivity contribution in [2.24, 2.45) is 7.05 Å². The van der Waals surface area contributed by atoms with Gasteiger partial charge in [-0.25, -0.2) is 0 Å². The minimum absolute atomic E-state index is 0.0256. The first kappa shape index (κ1) is 15.2. The molecule has 0 bridgehead atoms. The van der Waals surface area contributed by atoms with E-state index in [0.717, 1.165) is 37.6 Å². The van der Waals surface area contributed by atoms with E-state index in [1.165, 1.54) is 4.88 Å². The number of hydrogen-bond acceptors (Lipinski definition) is 4. The Morgan fingerprint density at radius 1 is 1.50 bits per heavy atom. The van der Waals surface area contributed by atoms with Crippen LogP contribution in [0, 0.1) is 6.92 Å². The van der Waals surface area contributed by atoms with Gasteiger partial charge in [0.1, 0.15) is 5.82 Å². The SMILES string of the molecule is CCN(Cc1cccs1)C1CCN(c2cc(C)nn2C)C1=O. The molecule has 0 radical (unpaired) electrons. The molecule has 0 N–H and O–H groups in total. The molecule has 1 unspecified atom stereocenters. The van der Waals surface area contributed by atoms with Crippen molar-refractivity contribution >= 4 is 23.1 Å². The zero-order valence-corrected chi connectivity index (χ0v) is 14.1. The molecular weight excluding hydrogens is 296 g/mol. The summed E-state index contributed by atoms with van der Waals surface area (Å²) in [5.74, 6) is 1.10. The van der Waals surface area contributed by atoms with Crippen molar-refractivity contribution in [3.63, 3.8) is 0 Å². The average Bonchev–Trinajstić information content (AvgIpc) is 3.18. The van der Waals surface area contributed by atoms with Crippen molar-refractivity contribution in [2.75, 3.05) is 18.0 Å². The fourth-order valence-electron chi connectivity index (χ4n) is 3.13. The number of amides is 1. The predicted molar refractivity (Wildman–Crippen MR) is 89.1 cm³/mol. The number of thiophene rings is 1. The van der Waals surface area contributed by atoms with Crippen LogP contribution in [0.5, 0.6) is 0 Å². The molecule has 2 aromatic heterocycles. The molecule has 0 aliphatic carbocycles. The van der Waals surface area contributed by atoms with Crippen LogP contribution in [0.4, 0.5) is 5.82 Å². The molecule has 118 valence electrons. The number of hydrogen-bond donors (Lipinski definition) is 0. The molecule has 0 saturated carbocycles. The normalized spacial score (nSPS) is 18.6. The van der Waals surface area contributed by atoms with Gasteiger partial charge in [0.25, 0.3) is 0 Å². The van der Waals surface area contributed by atoms with Gasteiger partial charge in [-0.1, -0.05) is 13.0 Å². The first-order valence-corrected chi connectivity index (χ1v) is 8.56. The number of nitrogens with zero attached hydrogens (tertiary/aromatic N) is 4. The van der Waals surface area contributed by atoms with Gasteiger partial charge < -0.3 is 0 Å². The van der Waals surface area contributed by atoms with Gasteiger partial charge in [0.15, 0.2) is 0 Å². The Bertz CT molecular complexity index is 649. The molecule has 1 aliphatic heterocycles. The molecule has 0 spiro atoms. The van der Waals surface area contributed by atoms with Gasteiger partial charge in [-0.15, -0.1) is 11.3 Å². The summed E-state index contributed by atoms with van der Waals surface area (Å²) in [6.45, 7) is 6.58. The van der Waals surface area contributed by atoms with Crippen LogP contribution in [-0.4, -0.2) is 39.7 Å². The summed E-state index contributed by atoms with van der Waals surface area (Å²) in [5, 5.41) is 6.44. The standard InChI is InChI=1S/C16H22N4OS/c1-4-19(11-13-6-5-9-22-13)14-7-8-20(16(14)21)15-10-12(2)17-18(15)3/h5-6,9-10,14H,4,7-8,11H2,1-3H3. The second kappa shape index (κ2) is 6.22. The highest BCUT2D eigenvalue weighted by atomic mass is 32.1. The Kier molecular flexibility index (Phi) is 4.31. The molecule has 1 saturated heterocycles. The molecule has 3 heterocycles. The van der Waals surface area contributed by atoms with Gasteiger partial charge >= 0.3 is 0 Å². The van der Waals surface area contributed by atoms with Crippen molar-refractivity contribution in [3.8, 4) is 0 Å². The van der Waals surface area contributed by atoms with Crippen LogP contribution < -0.4 is 4.90 Å². The average molecular weight is 318 g/mol. The molecule has 2 aromatic rings. The lowest BCUT2D eigenvalue weighted by atomic mass is 10.2. The largest absolute Gasteiger partial charge is 0.296 e. The number of carbonyl (C=O) groups excluding carboxylic acids is 1. The summed E-state index contributed by atoms with van der Waals surface area (Å²) in [5.41, 5.74) is 0.944. The molecular formula is C16H22N4OS. The number of aromatic nitrogens is 2. The summed E-state index contributed by atoms with van der Waals surface area (Å²) in [4.78, 5) is 18.3. The topological polar surface area (TPSA) is 41.4 Å². The van der Waals surface area contributed by atoms with Crippen LogP contribution in [0.2, 0.25) is 0 Å². The van der Waals surface area contributed by atoms with Crippen LogP contribution in [0.3, 0.4) is 0 Å². The van der Waals surface area contributed by atoms with Crippen LogP contribution in [0.25, 0.3) is 0 Å². The van der Waals surface area contributed by atoms with Crippen molar-refractivity contribution in [2.45, 2.75) is 32.9 Å². The van der Waals surface area contributed by atoms with Gasteiger partial charge in [-0.05, 0) is 31.3 Å². The third kappa shape index (κ3) is 2.80. The third-order valence-electron chi connectivity index (χ3n) is 4.22. The van der Waals surface area contributed by atoms with Gasteiger partial charge in [0.05, 0.1) is 11.7 Å². The van der Waals surface area contributed by atoms with E-state index in [-0.39, 0.29) is 11.9 Å². The Labute approximate surface area is 135 Å². The maximum atomic E-state index is 12.8. The maximum absolute atomic E-state index is 12.8. The van der Waals surface area contributed by atoms with E-state index in [2.05, 4.69) is 34.4 Å². The van der Waals surface area contributed by atoms with E-state index in [0.29, 0.717) is 0 Å². The highest BCUT2D eigenvalue weighted by molar-refractivity contribution is 7.09. The van der Waals surface area contributed by atoms with Gasteiger partial charge in [-0.3, -0.25) is 19.3 Å². The summed E-state index contributed by atoms with van der Waals surface area (Å²) >= 11 is 1.75. The summed E-state index contributed by atoms with van der Waals surface area (Å²) in [7, 11) is 1.90. The van der Waals surface area contributed by atoms with Crippen LogP contribution in [-0.2, 0) is 18.4 Å². The van der Waals surface area contributed by atoms with Crippen molar-refractivity contribution in [1.29, 1.82) is 0 Å². The van der Waals surface area contributed by atoms with E-state index in [1.54, 1.807) is 16.0 Å². The van der Waals surface area contributed by atoms with E-state index >= 15 is 0 Å². The Morgan fingerprint density at radius 3 is 2.91 bits per heavy atom. The molecule has 6 heteroatoms. The quantitative estimate of drug-likeness (QED) is 0.850. The Balaban J connectivity index is 1.76. The lowest BCUT2D eigenvalue weighted by Crippen LogP contribution is -2.41. The van der Waals surface area contributed by atoms with Crippen LogP contribution >= 0.6 is 11.3 Å². The lowest BCUT2D eigenvalue weighted by molar-refractivity contribution is -0.121. The van der Waals surface area contributed by atoms with E-state index < -0.39 is 0 Å². The highest BCUT2D eigenvalue weighted by Crippen LogP contribution is 2.26. The zero-order chi connectivity index (χ0) is 15.7. The van der Waals surface area contributed by atoms with Crippen LogP contribution in [0.15, 0.2) is 23.6 Å². The molecule has 22 heavy (non-hydrogen) atoms. The lowest BCUT2D eigenvalue weighted by Gasteiger charge is -2.26. The minimum Gasteiger partial charge on any atom is -0.296 e. The molecule has 3 rings (SSSR count). The van der Waals surface area contributed by atoms with Crippen molar-refractivity contribution in [3.05, 3.63) is 34.2 Å². The molecule has 1 atom stereocenters. The smallest absolute Gasteiger partial charge is 0.245 e. The van der Waals surface area contributed by atoms with Gasteiger partial charge in [-0.2, -0.15) is 5.10 Å². The molecule has 1 aliphatic rings. The fraction of sp³-hybridized carbons (Fsp3) is 0.500. The van der Waals surface area contributed by atoms with E-state index in [1.807, 2.05) is 24.9 Å².